The molecule has 57 heavy (non-hydrogen) atoms. The number of nitrogens with zero attached hydrogens (tertiary/aromatic N) is 4. The Labute approximate surface area is 329 Å². The number of hydrogen-bond donors (Lipinski definition) is 10. The number of aromatic nitrogens is 4. The second-order valence-electron chi connectivity index (χ2n) is 13.1. The average Bonchev–Trinajstić information content (AvgIpc) is 3.67. The predicted molar refractivity (Wildman–Crippen MR) is 198 cm³/mol. The minimum atomic E-state index is -5.77. The molecule has 0 radical (unpaired) electrons. The van der Waals surface area contributed by atoms with Crippen LogP contribution in [0.15, 0.2) is 43.0 Å². The molecule has 10 N–H and O–H groups in total. The molecular weight excluding hydrogens is 843 g/mol. The van der Waals surface area contributed by atoms with E-state index in [9.17, 15) is 57.9 Å². The maximum Gasteiger partial charge on any atom is 0.481 e. The lowest BCUT2D eigenvalue weighted by molar-refractivity contribution is -0.151. The number of nitrogen functional groups attached to an aromatic ring is 1. The number of ether oxygens (including phenoxy) is 1. The molecule has 7 atom stereocenters. The standard InChI is InChI=1S/C29H42N7O17P3S/c1-28(2,22(39)26(41)32-9-8-20(38)31-10-11-57)14-50-56(47,48)53-55(45,46)49-13-19-29(52-54(42,43)44,18(37)12-17-6-4-3-5-7-17)23(40)27(51-19)36-16-35-21-24(30)33-15-34-25(21)36/h3-7,15-16,19,22-23,27,39-40,57H,8-14H2,1-2H3,(H,31,38)(H,32,41)(H,45,46)(H,47,48)(H2,30,33,34)(H2,42,43,44)/t19-,22+,23+,27-,29-/m1/s1. The van der Waals surface area contributed by atoms with Crippen molar-refractivity contribution in [2.75, 3.05) is 37.8 Å². The van der Waals surface area contributed by atoms with Crippen LogP contribution in [0.25, 0.3) is 11.2 Å². The SMILES string of the molecule is CC(C)(COP(=O)(O)OP(=O)(O)OC[C@H]1O[C@@H](n2cnc3c(N)ncnc32)[C@H](O)[C@@]1(OP(=O)(O)O)C(=O)Cc1ccccc1)[C@@H](O)C(=O)NCCC(=O)NCCS. The summed E-state index contributed by atoms with van der Waals surface area (Å²) in [6.45, 7) is 0.302. The van der Waals surface area contributed by atoms with Crippen LogP contribution in [0.5, 0.6) is 0 Å². The van der Waals surface area contributed by atoms with Gasteiger partial charge in [-0.05, 0) is 5.56 Å². The zero-order valence-electron chi connectivity index (χ0n) is 30.1. The van der Waals surface area contributed by atoms with Gasteiger partial charge in [-0.3, -0.25) is 32.5 Å². The van der Waals surface area contributed by atoms with E-state index in [1.165, 1.54) is 26.0 Å². The Morgan fingerprint density at radius 3 is 2.35 bits per heavy atom. The van der Waals surface area contributed by atoms with Crippen molar-refractivity contribution >= 4 is 70.7 Å². The van der Waals surface area contributed by atoms with Gasteiger partial charge in [0.2, 0.25) is 11.8 Å². The molecule has 3 heterocycles. The Balaban J connectivity index is 1.53. The highest BCUT2D eigenvalue weighted by Crippen LogP contribution is 2.61. The molecule has 2 amide bonds. The number of fused-ring (bicyclic) bond motifs is 1. The Morgan fingerprint density at radius 1 is 1.04 bits per heavy atom. The fourth-order valence-corrected chi connectivity index (χ4v) is 8.58. The van der Waals surface area contributed by atoms with Gasteiger partial charge in [0.1, 0.15) is 30.2 Å². The van der Waals surface area contributed by atoms with E-state index in [2.05, 4.69) is 42.5 Å². The lowest BCUT2D eigenvalue weighted by Gasteiger charge is -2.34. The molecule has 28 heteroatoms. The highest BCUT2D eigenvalue weighted by atomic mass is 32.1. The number of nitrogens with one attached hydrogen (secondary N) is 2. The van der Waals surface area contributed by atoms with Gasteiger partial charge in [-0.2, -0.15) is 16.9 Å². The van der Waals surface area contributed by atoms with Crippen LogP contribution in [0.4, 0.5) is 5.82 Å². The van der Waals surface area contributed by atoms with Crippen molar-refractivity contribution in [1.29, 1.82) is 0 Å². The number of Topliss-reactive ketones (excluding diaryl/α,β-unsaturated/α-hetero) is 1. The Morgan fingerprint density at radius 2 is 1.70 bits per heavy atom. The predicted octanol–water partition coefficient (Wildman–Crippen LogP) is -0.483. The van der Waals surface area contributed by atoms with Gasteiger partial charge in [0.05, 0.1) is 19.5 Å². The summed E-state index contributed by atoms with van der Waals surface area (Å²) >= 11 is 3.96. The van der Waals surface area contributed by atoms with Gasteiger partial charge in [-0.25, -0.2) is 28.6 Å². The van der Waals surface area contributed by atoms with Crippen LogP contribution in [0.2, 0.25) is 0 Å². The van der Waals surface area contributed by atoms with Crippen LogP contribution < -0.4 is 16.4 Å². The molecule has 24 nitrogen and oxygen atoms in total. The number of hydrogen-bond acceptors (Lipinski definition) is 18. The molecule has 1 saturated heterocycles. The second-order valence-corrected chi connectivity index (χ2v) is 17.8. The summed E-state index contributed by atoms with van der Waals surface area (Å²) in [6.07, 6.45) is -6.92. The molecule has 1 fully saturated rings. The van der Waals surface area contributed by atoms with Crippen LogP contribution in [0, 0.1) is 5.41 Å². The van der Waals surface area contributed by atoms with E-state index >= 15 is 0 Å². The largest absolute Gasteiger partial charge is 0.481 e. The van der Waals surface area contributed by atoms with E-state index in [1.807, 2.05) is 0 Å². The molecule has 3 aromatic rings. The Kier molecular flexibility index (Phi) is 15.3. The molecule has 2 aromatic heterocycles. The van der Waals surface area contributed by atoms with Crippen molar-refractivity contribution in [1.82, 2.24) is 30.2 Å². The lowest BCUT2D eigenvalue weighted by Crippen LogP contribution is -2.57. The molecule has 0 spiro atoms. The number of phosphoric acid groups is 3. The summed E-state index contributed by atoms with van der Waals surface area (Å²) in [5.74, 6) is -2.29. The van der Waals surface area contributed by atoms with Crippen LogP contribution in [-0.2, 0) is 57.1 Å². The van der Waals surface area contributed by atoms with Crippen molar-refractivity contribution in [2.24, 2.45) is 5.41 Å². The first-order valence-corrected chi connectivity index (χ1v) is 21.8. The number of rotatable bonds is 21. The normalized spacial score (nSPS) is 22.7. The van der Waals surface area contributed by atoms with Gasteiger partial charge in [0.25, 0.3) is 0 Å². The minimum Gasteiger partial charge on any atom is -0.385 e. The molecular formula is C29H42N7O17P3S. The highest BCUT2D eigenvalue weighted by Gasteiger charge is 2.65. The fraction of sp³-hybridized carbons (Fsp3) is 0.517. The first kappa shape index (κ1) is 46.5. The number of ketones is 1. The van der Waals surface area contributed by atoms with Crippen LogP contribution in [0.1, 0.15) is 32.1 Å². The van der Waals surface area contributed by atoms with E-state index in [-0.39, 0.29) is 35.5 Å². The number of nitrogens with two attached hydrogens (primary N) is 1. The molecule has 1 aromatic carbocycles. The zero-order chi connectivity index (χ0) is 42.4. The van der Waals surface area contributed by atoms with E-state index in [0.717, 1.165) is 17.2 Å². The zero-order valence-corrected chi connectivity index (χ0v) is 33.7. The minimum absolute atomic E-state index is 0.00189. The number of carbonyl (C=O) groups is 3. The third-order valence-electron chi connectivity index (χ3n) is 8.33. The van der Waals surface area contributed by atoms with Gasteiger partial charge in [0, 0.05) is 37.1 Å². The molecule has 0 bridgehead atoms. The first-order valence-electron chi connectivity index (χ1n) is 16.6. The summed E-state index contributed by atoms with van der Waals surface area (Å²) in [5.41, 5.74) is 1.33. The van der Waals surface area contributed by atoms with Gasteiger partial charge in [0.15, 0.2) is 29.1 Å². The molecule has 316 valence electrons. The number of aliphatic hydroxyl groups excluding tert-OH is 2. The van der Waals surface area contributed by atoms with E-state index in [0.29, 0.717) is 12.3 Å². The maximum atomic E-state index is 14.1. The summed E-state index contributed by atoms with van der Waals surface area (Å²) in [5, 5.41) is 27.1. The van der Waals surface area contributed by atoms with E-state index < -0.39 is 96.3 Å². The molecule has 2 unspecified atom stereocenters. The maximum absolute atomic E-state index is 14.1. The van der Waals surface area contributed by atoms with Gasteiger partial charge >= 0.3 is 23.5 Å². The first-order chi connectivity index (χ1) is 26.5. The number of amides is 2. The Bertz CT molecular complexity index is 2060. The second kappa shape index (κ2) is 18.8. The summed E-state index contributed by atoms with van der Waals surface area (Å²) in [7, 11) is -17.1. The number of aliphatic hydroxyl groups is 2. The smallest absolute Gasteiger partial charge is 0.385 e. The highest BCUT2D eigenvalue weighted by molar-refractivity contribution is 7.80. The molecule has 0 aliphatic carbocycles. The van der Waals surface area contributed by atoms with Crippen LogP contribution in [0.3, 0.4) is 0 Å². The van der Waals surface area contributed by atoms with Crippen molar-refractivity contribution in [3.05, 3.63) is 48.5 Å². The number of thiol groups is 1. The average molecular weight is 886 g/mol. The van der Waals surface area contributed by atoms with Crippen LogP contribution in [-0.4, -0.2) is 123 Å². The summed E-state index contributed by atoms with van der Waals surface area (Å²) < 4.78 is 64.2. The molecule has 0 saturated carbocycles. The van der Waals surface area contributed by atoms with Crippen molar-refractivity contribution < 1.29 is 80.5 Å². The summed E-state index contributed by atoms with van der Waals surface area (Å²) in [4.78, 5) is 90.9. The number of anilines is 1. The van der Waals surface area contributed by atoms with Crippen LogP contribution >= 0.6 is 36.1 Å². The molecule has 1 aliphatic heterocycles. The Hall–Kier alpha value is -3.22. The van der Waals surface area contributed by atoms with Crippen molar-refractivity contribution in [3.8, 4) is 0 Å². The quantitative estimate of drug-likeness (QED) is 0.0477. The van der Waals surface area contributed by atoms with E-state index in [1.54, 1.807) is 18.2 Å². The third kappa shape index (κ3) is 11.9. The van der Waals surface area contributed by atoms with Crippen molar-refractivity contribution in [2.45, 2.75) is 56.8 Å². The number of carbonyl (C=O) groups excluding carboxylic acids is 3. The third-order valence-corrected chi connectivity index (χ3v) is 11.7. The lowest BCUT2D eigenvalue weighted by atomic mass is 9.84. The molecule has 4 rings (SSSR count). The van der Waals surface area contributed by atoms with Gasteiger partial charge < -0.3 is 50.9 Å². The van der Waals surface area contributed by atoms with Gasteiger partial charge in [-0.1, -0.05) is 44.2 Å². The van der Waals surface area contributed by atoms with E-state index in [4.69, 9.17) is 24.0 Å². The van der Waals surface area contributed by atoms with Crippen molar-refractivity contribution in [3.63, 3.8) is 0 Å². The topological polar surface area (TPSA) is 364 Å². The number of benzene rings is 1. The van der Waals surface area contributed by atoms with Gasteiger partial charge in [-0.15, -0.1) is 0 Å². The monoisotopic (exact) mass is 885 g/mol. The number of imidazole rings is 1. The molecule has 1 aliphatic rings. The fourth-order valence-electron chi connectivity index (χ4n) is 5.51. The summed E-state index contributed by atoms with van der Waals surface area (Å²) in [6, 6.07) is 7.67. The number of phosphoric ester groups is 3.